The monoisotopic (exact) mass is 420 g/mol. The van der Waals surface area contributed by atoms with Crippen molar-refractivity contribution in [3.8, 4) is 0 Å². The van der Waals surface area contributed by atoms with E-state index in [0.717, 1.165) is 6.07 Å². The predicted octanol–water partition coefficient (Wildman–Crippen LogP) is 5.04. The van der Waals surface area contributed by atoms with Crippen molar-refractivity contribution in [1.29, 1.82) is 0 Å². The molecule has 0 fully saturated rings. The van der Waals surface area contributed by atoms with Gasteiger partial charge >= 0.3 is 0 Å². The number of fused-ring (bicyclic) bond motifs is 2. The van der Waals surface area contributed by atoms with Gasteiger partial charge < -0.3 is 4.42 Å². The van der Waals surface area contributed by atoms with E-state index >= 15 is 0 Å². The van der Waals surface area contributed by atoms with Gasteiger partial charge in [-0.05, 0) is 55.0 Å². The SMILES string of the molecule is Cc1cccc(N2C(=O)c3oc4ccc(F)cc4c(=O)c3[C@@H]2c2cccc(Cl)c2)n1. The minimum Gasteiger partial charge on any atom is -0.450 e. The first kappa shape index (κ1) is 18.5. The molecule has 0 N–H and O–H groups in total. The summed E-state index contributed by atoms with van der Waals surface area (Å²) in [7, 11) is 0. The number of halogens is 2. The third-order valence-corrected chi connectivity index (χ3v) is 5.35. The minimum absolute atomic E-state index is 0.0765. The van der Waals surface area contributed by atoms with Crippen LogP contribution in [0.1, 0.15) is 33.4 Å². The molecule has 4 aromatic rings. The van der Waals surface area contributed by atoms with Gasteiger partial charge in [-0.15, -0.1) is 0 Å². The summed E-state index contributed by atoms with van der Waals surface area (Å²) in [6.45, 7) is 1.81. The lowest BCUT2D eigenvalue weighted by molar-refractivity contribution is 0.0970. The van der Waals surface area contributed by atoms with E-state index in [-0.39, 0.29) is 22.3 Å². The van der Waals surface area contributed by atoms with Gasteiger partial charge in [0, 0.05) is 10.7 Å². The molecule has 1 aliphatic rings. The van der Waals surface area contributed by atoms with E-state index < -0.39 is 23.2 Å². The zero-order chi connectivity index (χ0) is 21.0. The summed E-state index contributed by atoms with van der Waals surface area (Å²) in [5.74, 6) is -0.745. The van der Waals surface area contributed by atoms with E-state index in [1.165, 1.54) is 17.0 Å². The molecule has 1 aliphatic heterocycles. The maximum atomic E-state index is 13.8. The van der Waals surface area contributed by atoms with Gasteiger partial charge in [0.05, 0.1) is 17.0 Å². The van der Waals surface area contributed by atoms with Crippen LogP contribution in [0, 0.1) is 12.7 Å². The Balaban J connectivity index is 1.84. The third-order valence-electron chi connectivity index (χ3n) is 5.12. The number of nitrogens with zero attached hydrogens (tertiary/aromatic N) is 2. The zero-order valence-electron chi connectivity index (χ0n) is 15.7. The van der Waals surface area contributed by atoms with Crippen LogP contribution in [-0.2, 0) is 0 Å². The van der Waals surface area contributed by atoms with Crippen molar-refractivity contribution in [1.82, 2.24) is 4.98 Å². The van der Waals surface area contributed by atoms with Crippen LogP contribution in [0.2, 0.25) is 5.02 Å². The second-order valence-electron chi connectivity index (χ2n) is 7.08. The molecule has 0 unspecified atom stereocenters. The van der Waals surface area contributed by atoms with Crippen molar-refractivity contribution in [3.63, 3.8) is 0 Å². The summed E-state index contributed by atoms with van der Waals surface area (Å²) < 4.78 is 19.6. The number of rotatable bonds is 2. The molecule has 5 rings (SSSR count). The van der Waals surface area contributed by atoms with Crippen LogP contribution in [0.25, 0.3) is 11.0 Å². The summed E-state index contributed by atoms with van der Waals surface area (Å²) in [4.78, 5) is 32.6. The fraction of sp³-hybridized carbons (Fsp3) is 0.0870. The number of hydrogen-bond acceptors (Lipinski definition) is 4. The summed E-state index contributed by atoms with van der Waals surface area (Å²) in [5, 5.41) is 0.536. The lowest BCUT2D eigenvalue weighted by Gasteiger charge is -2.24. The first-order chi connectivity index (χ1) is 14.4. The molecule has 1 amide bonds. The number of aryl methyl sites for hydroxylation is 1. The molecule has 30 heavy (non-hydrogen) atoms. The molecule has 0 aliphatic carbocycles. The molecule has 7 heteroatoms. The molecule has 0 radical (unpaired) electrons. The van der Waals surface area contributed by atoms with Gasteiger partial charge in [-0.25, -0.2) is 9.37 Å². The molecule has 0 saturated heterocycles. The van der Waals surface area contributed by atoms with Crippen LogP contribution < -0.4 is 10.3 Å². The molecule has 148 valence electrons. The van der Waals surface area contributed by atoms with Crippen LogP contribution in [0.5, 0.6) is 0 Å². The topological polar surface area (TPSA) is 63.4 Å². The number of aromatic nitrogens is 1. The number of carbonyl (C=O) groups is 1. The molecule has 0 saturated carbocycles. The van der Waals surface area contributed by atoms with Gasteiger partial charge in [0.2, 0.25) is 5.76 Å². The van der Waals surface area contributed by atoms with E-state index in [2.05, 4.69) is 4.98 Å². The normalized spacial score (nSPS) is 15.6. The second-order valence-corrected chi connectivity index (χ2v) is 7.52. The van der Waals surface area contributed by atoms with Crippen molar-refractivity contribution in [2.75, 3.05) is 4.90 Å². The fourth-order valence-electron chi connectivity index (χ4n) is 3.84. The van der Waals surface area contributed by atoms with E-state index in [1.807, 2.05) is 13.0 Å². The first-order valence-corrected chi connectivity index (χ1v) is 9.61. The fourth-order valence-corrected chi connectivity index (χ4v) is 4.04. The van der Waals surface area contributed by atoms with Crippen LogP contribution in [0.15, 0.2) is 69.9 Å². The maximum Gasteiger partial charge on any atom is 0.296 e. The lowest BCUT2D eigenvalue weighted by atomic mass is 9.98. The first-order valence-electron chi connectivity index (χ1n) is 9.23. The van der Waals surface area contributed by atoms with Crippen molar-refractivity contribution >= 4 is 34.3 Å². The van der Waals surface area contributed by atoms with Gasteiger partial charge in [0.25, 0.3) is 5.91 Å². The number of pyridine rings is 1. The highest BCUT2D eigenvalue weighted by atomic mass is 35.5. The zero-order valence-corrected chi connectivity index (χ0v) is 16.5. The molecule has 2 aromatic heterocycles. The largest absolute Gasteiger partial charge is 0.450 e. The van der Waals surface area contributed by atoms with Crippen molar-refractivity contribution in [2.45, 2.75) is 13.0 Å². The summed E-state index contributed by atoms with van der Waals surface area (Å²) >= 11 is 6.19. The Morgan fingerprint density at radius 2 is 1.87 bits per heavy atom. The maximum absolute atomic E-state index is 13.8. The molecule has 5 nitrogen and oxygen atoms in total. The summed E-state index contributed by atoms with van der Waals surface area (Å²) in [5.41, 5.74) is 1.17. The summed E-state index contributed by atoms with van der Waals surface area (Å²) in [6.07, 6.45) is 0. The van der Waals surface area contributed by atoms with Gasteiger partial charge in [-0.1, -0.05) is 29.8 Å². The predicted molar refractivity (Wildman–Crippen MR) is 112 cm³/mol. The second kappa shape index (κ2) is 6.78. The molecule has 3 heterocycles. The van der Waals surface area contributed by atoms with Crippen molar-refractivity contribution < 1.29 is 13.6 Å². The summed E-state index contributed by atoms with van der Waals surface area (Å²) in [6, 6.07) is 15.0. The number of carbonyl (C=O) groups excluding carboxylic acids is 1. The Bertz CT molecular complexity index is 1400. The molecule has 1 atom stereocenters. The standard InChI is InChI=1S/C23H14ClFN2O3/c1-12-4-2-7-18(26-12)27-20(13-5-3-6-14(24)10-13)19-21(28)16-11-15(25)8-9-17(16)30-22(19)23(27)29/h2-11,20H,1H3/t20-/m0/s1. The number of benzene rings is 2. The van der Waals surface area contributed by atoms with Crippen LogP contribution in [-0.4, -0.2) is 10.9 Å². The van der Waals surface area contributed by atoms with Crippen molar-refractivity contribution in [3.05, 3.63) is 104 Å². The Kier molecular flexibility index (Phi) is 4.18. The molecular weight excluding hydrogens is 407 g/mol. The van der Waals surface area contributed by atoms with Crippen LogP contribution in [0.4, 0.5) is 10.2 Å². The Morgan fingerprint density at radius 1 is 1.07 bits per heavy atom. The average molecular weight is 421 g/mol. The minimum atomic E-state index is -0.801. The van der Waals surface area contributed by atoms with Gasteiger partial charge in [-0.2, -0.15) is 0 Å². The van der Waals surface area contributed by atoms with Gasteiger partial charge in [0.1, 0.15) is 17.2 Å². The Morgan fingerprint density at radius 3 is 2.63 bits per heavy atom. The smallest absolute Gasteiger partial charge is 0.296 e. The van der Waals surface area contributed by atoms with Crippen molar-refractivity contribution in [2.24, 2.45) is 0 Å². The highest BCUT2D eigenvalue weighted by Crippen LogP contribution is 2.41. The highest BCUT2D eigenvalue weighted by Gasteiger charge is 2.44. The molecule has 0 spiro atoms. The van der Waals surface area contributed by atoms with Gasteiger partial charge in [-0.3, -0.25) is 14.5 Å². The van der Waals surface area contributed by atoms with Crippen LogP contribution in [0.3, 0.4) is 0 Å². The van der Waals surface area contributed by atoms with E-state index in [9.17, 15) is 14.0 Å². The Hall–Kier alpha value is -3.51. The number of anilines is 1. The Labute approximate surface area is 175 Å². The van der Waals surface area contributed by atoms with E-state index in [4.69, 9.17) is 16.0 Å². The molecular formula is C23H14ClFN2O3. The lowest BCUT2D eigenvalue weighted by Crippen LogP contribution is -2.30. The highest BCUT2D eigenvalue weighted by molar-refractivity contribution is 6.30. The van der Waals surface area contributed by atoms with E-state index in [1.54, 1.807) is 36.4 Å². The molecule has 0 bridgehead atoms. The molecule has 2 aromatic carbocycles. The third kappa shape index (κ3) is 2.80. The van der Waals surface area contributed by atoms with E-state index in [0.29, 0.717) is 22.1 Å². The van der Waals surface area contributed by atoms with Gasteiger partial charge in [0.15, 0.2) is 5.43 Å². The van der Waals surface area contributed by atoms with Crippen LogP contribution >= 0.6 is 11.6 Å². The number of hydrogen-bond donors (Lipinski definition) is 0. The average Bonchev–Trinajstić information content (AvgIpc) is 3.01. The quantitative estimate of drug-likeness (QED) is 0.456. The number of amides is 1.